The van der Waals surface area contributed by atoms with Crippen molar-refractivity contribution in [1.29, 1.82) is 0 Å². The lowest BCUT2D eigenvalue weighted by Crippen LogP contribution is -2.41. The van der Waals surface area contributed by atoms with Crippen LogP contribution in [0.3, 0.4) is 0 Å². The number of nitrogens with zero attached hydrogens (tertiary/aromatic N) is 1. The molecular formula is C15H23NO. The van der Waals surface area contributed by atoms with Gasteiger partial charge in [-0.05, 0) is 30.0 Å². The molecule has 1 saturated heterocycles. The van der Waals surface area contributed by atoms with Gasteiger partial charge >= 0.3 is 0 Å². The molecule has 17 heavy (non-hydrogen) atoms. The van der Waals surface area contributed by atoms with Gasteiger partial charge in [0.05, 0.1) is 12.7 Å². The van der Waals surface area contributed by atoms with Gasteiger partial charge in [-0.25, -0.2) is 0 Å². The van der Waals surface area contributed by atoms with Crippen LogP contribution in [0, 0.1) is 0 Å². The van der Waals surface area contributed by atoms with Gasteiger partial charge in [-0.1, -0.05) is 32.9 Å². The lowest BCUT2D eigenvalue weighted by atomic mass is 9.87. The molecule has 0 bridgehead atoms. The van der Waals surface area contributed by atoms with Crippen molar-refractivity contribution in [1.82, 2.24) is 0 Å². The van der Waals surface area contributed by atoms with Gasteiger partial charge in [-0.2, -0.15) is 0 Å². The molecule has 0 unspecified atom stereocenters. The van der Waals surface area contributed by atoms with E-state index in [-0.39, 0.29) is 5.41 Å². The molecule has 0 radical (unpaired) electrons. The Morgan fingerprint density at radius 1 is 1.18 bits per heavy atom. The zero-order valence-electron chi connectivity index (χ0n) is 11.4. The van der Waals surface area contributed by atoms with Gasteiger partial charge < -0.3 is 9.64 Å². The summed E-state index contributed by atoms with van der Waals surface area (Å²) in [6, 6.07) is 8.96. The van der Waals surface area contributed by atoms with Gasteiger partial charge in [0.15, 0.2) is 0 Å². The van der Waals surface area contributed by atoms with Crippen LogP contribution in [0.25, 0.3) is 0 Å². The quantitative estimate of drug-likeness (QED) is 0.738. The lowest BCUT2D eigenvalue weighted by molar-refractivity contribution is 0.0532. The summed E-state index contributed by atoms with van der Waals surface area (Å²) >= 11 is 0. The number of rotatable bonds is 1. The molecule has 0 N–H and O–H groups in total. The Bertz CT molecular complexity index is 364. The molecule has 1 aromatic rings. The monoisotopic (exact) mass is 233 g/mol. The Labute approximate surface area is 105 Å². The fourth-order valence-electron chi connectivity index (χ4n) is 2.23. The van der Waals surface area contributed by atoms with E-state index in [1.165, 1.54) is 11.3 Å². The molecule has 0 amide bonds. The Kier molecular flexibility index (Phi) is 3.43. The van der Waals surface area contributed by atoms with E-state index in [1.807, 2.05) is 0 Å². The van der Waals surface area contributed by atoms with Crippen molar-refractivity contribution in [3.63, 3.8) is 0 Å². The van der Waals surface area contributed by atoms with Crippen LogP contribution in [0.2, 0.25) is 0 Å². The molecule has 1 aliphatic heterocycles. The zero-order chi connectivity index (χ0) is 12.5. The van der Waals surface area contributed by atoms with Gasteiger partial charge in [0.2, 0.25) is 0 Å². The molecule has 1 aliphatic rings. The highest BCUT2D eigenvalue weighted by Gasteiger charge is 2.18. The fourth-order valence-corrected chi connectivity index (χ4v) is 2.23. The van der Waals surface area contributed by atoms with Crippen molar-refractivity contribution >= 4 is 5.69 Å². The van der Waals surface area contributed by atoms with E-state index in [2.05, 4.69) is 56.9 Å². The van der Waals surface area contributed by atoms with E-state index in [1.54, 1.807) is 0 Å². The zero-order valence-corrected chi connectivity index (χ0v) is 11.4. The molecule has 2 rings (SSSR count). The predicted molar refractivity (Wildman–Crippen MR) is 72.8 cm³/mol. The Balaban J connectivity index is 2.12. The topological polar surface area (TPSA) is 12.5 Å². The molecular weight excluding hydrogens is 210 g/mol. The SMILES string of the molecule is C[C@H]1CN(c2ccc(C(C)(C)C)cc2)CCO1. The van der Waals surface area contributed by atoms with Crippen LogP contribution in [0.5, 0.6) is 0 Å². The van der Waals surface area contributed by atoms with Crippen molar-refractivity contribution in [2.75, 3.05) is 24.6 Å². The third kappa shape index (κ3) is 3.01. The van der Waals surface area contributed by atoms with E-state index < -0.39 is 0 Å². The van der Waals surface area contributed by atoms with Crippen molar-refractivity contribution in [3.8, 4) is 0 Å². The van der Waals surface area contributed by atoms with Crippen molar-refractivity contribution in [3.05, 3.63) is 29.8 Å². The van der Waals surface area contributed by atoms with Crippen LogP contribution < -0.4 is 4.90 Å². The summed E-state index contributed by atoms with van der Waals surface area (Å²) in [5.41, 5.74) is 2.94. The van der Waals surface area contributed by atoms with Gasteiger partial charge in [-0.15, -0.1) is 0 Å². The van der Waals surface area contributed by atoms with Gasteiger partial charge in [-0.3, -0.25) is 0 Å². The second-order valence-electron chi connectivity index (χ2n) is 5.92. The number of anilines is 1. The minimum Gasteiger partial charge on any atom is -0.375 e. The molecule has 2 nitrogen and oxygen atoms in total. The Morgan fingerprint density at radius 2 is 1.82 bits per heavy atom. The standard InChI is InChI=1S/C15H23NO/c1-12-11-16(9-10-17-12)14-7-5-13(6-8-14)15(2,3)4/h5-8,12H,9-11H2,1-4H3/t12-/m0/s1. The molecule has 0 aromatic heterocycles. The highest BCUT2D eigenvalue weighted by atomic mass is 16.5. The lowest BCUT2D eigenvalue weighted by Gasteiger charge is -2.33. The smallest absolute Gasteiger partial charge is 0.0722 e. The predicted octanol–water partition coefficient (Wildman–Crippen LogP) is 3.21. The van der Waals surface area contributed by atoms with Gasteiger partial charge in [0.1, 0.15) is 0 Å². The highest BCUT2D eigenvalue weighted by molar-refractivity contribution is 5.49. The molecule has 1 aromatic carbocycles. The van der Waals surface area contributed by atoms with E-state index in [4.69, 9.17) is 4.74 Å². The van der Waals surface area contributed by atoms with E-state index >= 15 is 0 Å². The number of morpholine rings is 1. The largest absolute Gasteiger partial charge is 0.375 e. The molecule has 2 heteroatoms. The highest BCUT2D eigenvalue weighted by Crippen LogP contribution is 2.25. The van der Waals surface area contributed by atoms with Crippen LogP contribution in [-0.2, 0) is 10.2 Å². The molecule has 94 valence electrons. The van der Waals surface area contributed by atoms with Crippen LogP contribution >= 0.6 is 0 Å². The molecule has 0 saturated carbocycles. The first-order valence-corrected chi connectivity index (χ1v) is 6.44. The number of ether oxygens (including phenoxy) is 1. The summed E-state index contributed by atoms with van der Waals surface area (Å²) < 4.78 is 5.57. The first-order chi connectivity index (χ1) is 7.97. The van der Waals surface area contributed by atoms with Crippen LogP contribution in [0.15, 0.2) is 24.3 Å². The molecule has 1 heterocycles. The second-order valence-corrected chi connectivity index (χ2v) is 5.92. The van der Waals surface area contributed by atoms with E-state index in [9.17, 15) is 0 Å². The van der Waals surface area contributed by atoms with Crippen LogP contribution in [0.1, 0.15) is 33.3 Å². The Morgan fingerprint density at radius 3 is 2.35 bits per heavy atom. The van der Waals surface area contributed by atoms with E-state index in [0.29, 0.717) is 6.10 Å². The number of hydrogen-bond donors (Lipinski definition) is 0. The maximum Gasteiger partial charge on any atom is 0.0722 e. The van der Waals surface area contributed by atoms with Crippen molar-refractivity contribution < 1.29 is 4.74 Å². The van der Waals surface area contributed by atoms with Gasteiger partial charge in [0, 0.05) is 18.8 Å². The molecule has 1 atom stereocenters. The van der Waals surface area contributed by atoms with E-state index in [0.717, 1.165) is 19.7 Å². The Hall–Kier alpha value is -1.02. The van der Waals surface area contributed by atoms with Gasteiger partial charge in [0.25, 0.3) is 0 Å². The maximum absolute atomic E-state index is 5.57. The minimum absolute atomic E-state index is 0.233. The third-order valence-electron chi connectivity index (χ3n) is 3.34. The first-order valence-electron chi connectivity index (χ1n) is 6.44. The summed E-state index contributed by atoms with van der Waals surface area (Å²) in [5.74, 6) is 0. The molecule has 1 fully saturated rings. The summed E-state index contributed by atoms with van der Waals surface area (Å²) in [7, 11) is 0. The average Bonchev–Trinajstić information content (AvgIpc) is 2.28. The number of benzene rings is 1. The van der Waals surface area contributed by atoms with Crippen LogP contribution in [-0.4, -0.2) is 25.8 Å². The maximum atomic E-state index is 5.57. The molecule has 0 aliphatic carbocycles. The number of hydrogen-bond acceptors (Lipinski definition) is 2. The van der Waals surface area contributed by atoms with Crippen LogP contribution in [0.4, 0.5) is 5.69 Å². The van der Waals surface area contributed by atoms with Crippen molar-refractivity contribution in [2.45, 2.75) is 39.2 Å². The molecule has 0 spiro atoms. The van der Waals surface area contributed by atoms with Crippen molar-refractivity contribution in [2.24, 2.45) is 0 Å². The summed E-state index contributed by atoms with van der Waals surface area (Å²) in [6.45, 7) is 11.7. The normalized spacial score (nSPS) is 21.6. The average molecular weight is 233 g/mol. The fraction of sp³-hybridized carbons (Fsp3) is 0.600. The third-order valence-corrected chi connectivity index (χ3v) is 3.34. The summed E-state index contributed by atoms with van der Waals surface area (Å²) in [5, 5.41) is 0. The summed E-state index contributed by atoms with van der Waals surface area (Å²) in [4.78, 5) is 2.40. The minimum atomic E-state index is 0.233. The summed E-state index contributed by atoms with van der Waals surface area (Å²) in [6.07, 6.45) is 0.339. The first kappa shape index (κ1) is 12.4. The second kappa shape index (κ2) is 4.69.